The zero-order valence-electron chi connectivity index (χ0n) is 14.3. The summed E-state index contributed by atoms with van der Waals surface area (Å²) in [7, 11) is 0. The Balaban J connectivity index is 1.96. The molecule has 3 aromatic rings. The van der Waals surface area contributed by atoms with Gasteiger partial charge in [0, 0.05) is 23.0 Å². The summed E-state index contributed by atoms with van der Waals surface area (Å²) in [5.74, 6) is -0.267. The standard InChI is InChI=1S/C19H16N4O3/c1-11-7-9-13(10-8-11)22-18(14-5-3-4-6-15(14)23(25)26)16-12(2)20-21-17(16)19(22)24/h3-10,18H,1-2H3,(H,20,21)/t18-/m0/s1. The number of hydrogen-bond donors (Lipinski definition) is 1. The lowest BCUT2D eigenvalue weighted by molar-refractivity contribution is -0.385. The molecule has 0 unspecified atom stereocenters. The molecule has 1 aliphatic rings. The van der Waals surface area contributed by atoms with Crippen molar-refractivity contribution in [2.45, 2.75) is 19.9 Å². The largest absolute Gasteiger partial charge is 0.295 e. The van der Waals surface area contributed by atoms with Gasteiger partial charge in [0.2, 0.25) is 0 Å². The van der Waals surface area contributed by atoms with Crippen molar-refractivity contribution in [3.8, 4) is 0 Å². The molecule has 1 aromatic heterocycles. The smallest absolute Gasteiger partial charge is 0.280 e. The second kappa shape index (κ2) is 5.80. The summed E-state index contributed by atoms with van der Waals surface area (Å²) < 4.78 is 0. The molecule has 1 atom stereocenters. The van der Waals surface area contributed by atoms with E-state index in [0.29, 0.717) is 22.5 Å². The maximum absolute atomic E-state index is 13.0. The Kier molecular flexibility index (Phi) is 3.57. The van der Waals surface area contributed by atoms with Gasteiger partial charge in [0.05, 0.1) is 16.5 Å². The molecule has 1 N–H and O–H groups in total. The number of aryl methyl sites for hydroxylation is 2. The zero-order valence-corrected chi connectivity index (χ0v) is 14.3. The Morgan fingerprint density at radius 3 is 2.50 bits per heavy atom. The van der Waals surface area contributed by atoms with E-state index in [1.807, 2.05) is 38.1 Å². The predicted molar refractivity (Wildman–Crippen MR) is 96.3 cm³/mol. The number of amides is 1. The van der Waals surface area contributed by atoms with Gasteiger partial charge >= 0.3 is 0 Å². The van der Waals surface area contributed by atoms with Gasteiger partial charge < -0.3 is 0 Å². The lowest BCUT2D eigenvalue weighted by Gasteiger charge is -2.26. The SMILES string of the molecule is Cc1ccc(N2C(=O)c3n[nH]c(C)c3[C@@H]2c2ccccc2[N+](=O)[O-])cc1. The molecule has 2 heterocycles. The van der Waals surface area contributed by atoms with Crippen LogP contribution in [0.4, 0.5) is 11.4 Å². The molecule has 2 aromatic carbocycles. The van der Waals surface area contributed by atoms with Crippen LogP contribution in [0.15, 0.2) is 48.5 Å². The number of carbonyl (C=O) groups excluding carboxylic acids is 1. The number of para-hydroxylation sites is 1. The van der Waals surface area contributed by atoms with E-state index in [0.717, 1.165) is 11.3 Å². The third-order valence-electron chi connectivity index (χ3n) is 4.69. The first kappa shape index (κ1) is 16.0. The van der Waals surface area contributed by atoms with Crippen molar-refractivity contribution in [1.82, 2.24) is 10.2 Å². The van der Waals surface area contributed by atoms with E-state index in [2.05, 4.69) is 10.2 Å². The van der Waals surface area contributed by atoms with Gasteiger partial charge in [-0.2, -0.15) is 5.10 Å². The first-order valence-corrected chi connectivity index (χ1v) is 8.17. The quantitative estimate of drug-likeness (QED) is 0.577. The maximum Gasteiger partial charge on any atom is 0.280 e. The van der Waals surface area contributed by atoms with E-state index in [1.54, 1.807) is 23.1 Å². The minimum Gasteiger partial charge on any atom is -0.295 e. The molecule has 7 nitrogen and oxygen atoms in total. The summed E-state index contributed by atoms with van der Waals surface area (Å²) in [6.07, 6.45) is 0. The normalized spacial score (nSPS) is 16.0. The van der Waals surface area contributed by atoms with Crippen molar-refractivity contribution in [2.24, 2.45) is 0 Å². The Labute approximate surface area is 149 Å². The third kappa shape index (κ3) is 2.28. The van der Waals surface area contributed by atoms with Crippen LogP contribution in [0.25, 0.3) is 0 Å². The lowest BCUT2D eigenvalue weighted by Crippen LogP contribution is -2.29. The first-order chi connectivity index (χ1) is 12.5. The van der Waals surface area contributed by atoms with Gasteiger partial charge in [-0.15, -0.1) is 0 Å². The fraction of sp³-hybridized carbons (Fsp3) is 0.158. The van der Waals surface area contributed by atoms with E-state index >= 15 is 0 Å². The monoisotopic (exact) mass is 348 g/mol. The number of aromatic amines is 1. The molecule has 1 amide bonds. The van der Waals surface area contributed by atoms with Crippen molar-refractivity contribution >= 4 is 17.3 Å². The molecule has 7 heteroatoms. The number of anilines is 1. The van der Waals surface area contributed by atoms with Gasteiger partial charge in [0.25, 0.3) is 11.6 Å². The molecule has 0 aliphatic carbocycles. The molecule has 0 saturated carbocycles. The highest BCUT2D eigenvalue weighted by molar-refractivity contribution is 6.10. The fourth-order valence-corrected chi connectivity index (χ4v) is 3.45. The average Bonchev–Trinajstić information content (AvgIpc) is 3.14. The van der Waals surface area contributed by atoms with Crippen LogP contribution in [0, 0.1) is 24.0 Å². The molecule has 0 fully saturated rings. The third-order valence-corrected chi connectivity index (χ3v) is 4.69. The average molecular weight is 348 g/mol. The molecule has 1 aliphatic heterocycles. The maximum atomic E-state index is 13.0. The van der Waals surface area contributed by atoms with Crippen LogP contribution in [-0.4, -0.2) is 21.0 Å². The van der Waals surface area contributed by atoms with Gasteiger partial charge in [0.1, 0.15) is 0 Å². The van der Waals surface area contributed by atoms with E-state index in [1.165, 1.54) is 6.07 Å². The van der Waals surface area contributed by atoms with Crippen LogP contribution in [0.3, 0.4) is 0 Å². The van der Waals surface area contributed by atoms with E-state index in [-0.39, 0.29) is 11.6 Å². The van der Waals surface area contributed by atoms with E-state index < -0.39 is 11.0 Å². The predicted octanol–water partition coefficient (Wildman–Crippen LogP) is 3.68. The Bertz CT molecular complexity index is 1020. The van der Waals surface area contributed by atoms with Gasteiger partial charge in [-0.3, -0.25) is 24.9 Å². The van der Waals surface area contributed by atoms with E-state index in [9.17, 15) is 14.9 Å². The highest BCUT2D eigenvalue weighted by atomic mass is 16.6. The highest BCUT2D eigenvalue weighted by Crippen LogP contribution is 2.44. The summed E-state index contributed by atoms with van der Waals surface area (Å²) in [4.78, 5) is 25.8. The van der Waals surface area contributed by atoms with Crippen LogP contribution < -0.4 is 4.90 Å². The van der Waals surface area contributed by atoms with Crippen molar-refractivity contribution in [1.29, 1.82) is 0 Å². The molecule has 0 spiro atoms. The number of carbonyl (C=O) groups is 1. The van der Waals surface area contributed by atoms with Crippen molar-refractivity contribution < 1.29 is 9.72 Å². The number of aromatic nitrogens is 2. The minimum atomic E-state index is -0.597. The fourth-order valence-electron chi connectivity index (χ4n) is 3.45. The lowest BCUT2D eigenvalue weighted by atomic mass is 9.97. The van der Waals surface area contributed by atoms with Gasteiger partial charge in [0.15, 0.2) is 5.69 Å². The van der Waals surface area contributed by atoms with Crippen LogP contribution in [-0.2, 0) is 0 Å². The van der Waals surface area contributed by atoms with Crippen molar-refractivity contribution in [3.05, 3.63) is 86.7 Å². The minimum absolute atomic E-state index is 0.0177. The number of hydrogen-bond acceptors (Lipinski definition) is 4. The topological polar surface area (TPSA) is 92.1 Å². The molecule has 0 saturated heterocycles. The second-order valence-corrected chi connectivity index (χ2v) is 6.34. The molecule has 130 valence electrons. The first-order valence-electron chi connectivity index (χ1n) is 8.17. The van der Waals surface area contributed by atoms with Gasteiger partial charge in [-0.1, -0.05) is 29.8 Å². The van der Waals surface area contributed by atoms with Crippen LogP contribution >= 0.6 is 0 Å². The number of rotatable bonds is 3. The Morgan fingerprint density at radius 2 is 1.81 bits per heavy atom. The number of nitrogens with zero attached hydrogens (tertiary/aromatic N) is 3. The number of H-pyrrole nitrogens is 1. The Hall–Kier alpha value is -3.48. The molecular formula is C19H16N4O3. The van der Waals surface area contributed by atoms with Crippen molar-refractivity contribution in [2.75, 3.05) is 4.90 Å². The van der Waals surface area contributed by atoms with Crippen molar-refractivity contribution in [3.63, 3.8) is 0 Å². The zero-order chi connectivity index (χ0) is 18.4. The number of fused-ring (bicyclic) bond motifs is 1. The van der Waals surface area contributed by atoms with Crippen LogP contribution in [0.5, 0.6) is 0 Å². The molecular weight excluding hydrogens is 332 g/mol. The highest BCUT2D eigenvalue weighted by Gasteiger charge is 2.44. The summed E-state index contributed by atoms with van der Waals surface area (Å²) >= 11 is 0. The molecule has 4 rings (SSSR count). The van der Waals surface area contributed by atoms with E-state index in [4.69, 9.17) is 0 Å². The summed E-state index contributed by atoms with van der Waals surface area (Å²) in [5.41, 5.74) is 3.92. The summed E-state index contributed by atoms with van der Waals surface area (Å²) in [6.45, 7) is 3.78. The number of nitro groups is 1. The van der Waals surface area contributed by atoms with Gasteiger partial charge in [-0.25, -0.2) is 0 Å². The molecule has 26 heavy (non-hydrogen) atoms. The number of nitrogens with one attached hydrogen (secondary N) is 1. The molecule has 0 radical (unpaired) electrons. The summed E-state index contributed by atoms with van der Waals surface area (Å²) in [5, 5.41) is 18.5. The Morgan fingerprint density at radius 1 is 1.12 bits per heavy atom. The van der Waals surface area contributed by atoms with Crippen LogP contribution in [0.1, 0.15) is 38.9 Å². The molecule has 0 bridgehead atoms. The summed E-state index contributed by atoms with van der Waals surface area (Å²) in [6, 6.07) is 13.4. The second-order valence-electron chi connectivity index (χ2n) is 6.34. The van der Waals surface area contributed by atoms with Gasteiger partial charge in [-0.05, 0) is 32.0 Å². The number of benzene rings is 2. The van der Waals surface area contributed by atoms with Crippen LogP contribution in [0.2, 0.25) is 0 Å². The number of nitro benzene ring substituents is 1.